The molecule has 3 N–H and O–H groups in total. The largest absolute Gasteiger partial charge is 0.337 e. The van der Waals surface area contributed by atoms with Gasteiger partial charge in [-0.2, -0.15) is 0 Å². The Hall–Kier alpha value is -3.24. The second kappa shape index (κ2) is 14.4. The van der Waals surface area contributed by atoms with Crippen molar-refractivity contribution in [2.75, 3.05) is 6.54 Å². The number of carbonyl (C=O) groups excluding carboxylic acids is 2. The smallest absolute Gasteiger partial charge is 0.328 e. The number of aromatic nitrogens is 2. The third-order valence-electron chi connectivity index (χ3n) is 5.30. The second-order valence-electron chi connectivity index (χ2n) is 8.06. The summed E-state index contributed by atoms with van der Waals surface area (Å²) in [5.41, 5.74) is 1.27. The van der Waals surface area contributed by atoms with Gasteiger partial charge in [0.25, 0.3) is 15.6 Å². The van der Waals surface area contributed by atoms with Gasteiger partial charge in [-0.3, -0.25) is 4.79 Å². The lowest BCUT2D eigenvalue weighted by Crippen LogP contribution is -2.39. The van der Waals surface area contributed by atoms with E-state index in [4.69, 9.17) is 11.6 Å². The summed E-state index contributed by atoms with van der Waals surface area (Å²) in [4.78, 5) is 40.4. The van der Waals surface area contributed by atoms with Crippen LogP contribution in [0.15, 0.2) is 58.5 Å². The molecule has 11 heteroatoms. The van der Waals surface area contributed by atoms with E-state index in [1.165, 1.54) is 18.5 Å². The van der Waals surface area contributed by atoms with E-state index in [0.29, 0.717) is 22.5 Å². The van der Waals surface area contributed by atoms with Crippen LogP contribution in [-0.2, 0) is 14.8 Å². The van der Waals surface area contributed by atoms with E-state index in [2.05, 4.69) is 22.2 Å². The number of aromatic amines is 1. The van der Waals surface area contributed by atoms with Gasteiger partial charge in [0.15, 0.2) is 0 Å². The second-order valence-corrected chi connectivity index (χ2v) is 10.2. The topological polar surface area (TPSA) is 138 Å². The number of H-pyrrole nitrogens is 1. The van der Waals surface area contributed by atoms with Crippen LogP contribution in [0.4, 0.5) is 4.79 Å². The molecule has 2 aromatic carbocycles. The van der Waals surface area contributed by atoms with Crippen LogP contribution in [0, 0.1) is 0 Å². The molecule has 194 valence electrons. The van der Waals surface area contributed by atoms with E-state index >= 15 is 0 Å². The lowest BCUT2D eigenvalue weighted by Gasteiger charge is -2.12. The van der Waals surface area contributed by atoms with E-state index < -0.39 is 16.1 Å². The van der Waals surface area contributed by atoms with Crippen molar-refractivity contribution in [1.29, 1.82) is 0 Å². The van der Waals surface area contributed by atoms with Crippen molar-refractivity contribution in [3.05, 3.63) is 69.7 Å². The maximum Gasteiger partial charge on any atom is 0.328 e. The van der Waals surface area contributed by atoms with Crippen molar-refractivity contribution in [1.82, 2.24) is 20.0 Å². The van der Waals surface area contributed by atoms with E-state index in [1.807, 2.05) is 11.6 Å². The minimum absolute atomic E-state index is 0.00275. The van der Waals surface area contributed by atoms with E-state index in [1.54, 1.807) is 30.3 Å². The van der Waals surface area contributed by atoms with Crippen LogP contribution >= 0.6 is 11.6 Å². The van der Waals surface area contributed by atoms with Crippen LogP contribution < -0.4 is 15.6 Å². The van der Waals surface area contributed by atoms with Crippen molar-refractivity contribution in [3.8, 4) is 0 Å². The number of rotatable bonds is 10. The Kier molecular flexibility index (Phi) is 11.6. The van der Waals surface area contributed by atoms with E-state index in [0.717, 1.165) is 44.0 Å². The van der Waals surface area contributed by atoms with Crippen molar-refractivity contribution in [2.45, 2.75) is 56.8 Å². The first-order valence-electron chi connectivity index (χ1n) is 11.7. The molecule has 1 aromatic heterocycles. The molecule has 9 nitrogen and oxygen atoms in total. The molecule has 0 aliphatic rings. The maximum absolute atomic E-state index is 12.2. The number of hydrogen-bond acceptors (Lipinski definition) is 6. The summed E-state index contributed by atoms with van der Waals surface area (Å²) in [6, 6.07) is 10.4. The summed E-state index contributed by atoms with van der Waals surface area (Å²) in [5.74, 6) is -0.230. The number of nitrogens with zero attached hydrogens (tertiary/aromatic N) is 1. The monoisotopic (exact) mass is 534 g/mol. The molecule has 0 saturated carbocycles. The number of aldehydes is 1. The van der Waals surface area contributed by atoms with Gasteiger partial charge in [-0.1, -0.05) is 56.8 Å². The highest BCUT2D eigenvalue weighted by atomic mass is 35.5. The fraction of sp³-hybridized carbons (Fsp3) is 0.360. The average Bonchev–Trinajstić information content (AvgIpc) is 2.86. The lowest BCUT2D eigenvalue weighted by atomic mass is 9.95. The van der Waals surface area contributed by atoms with Gasteiger partial charge in [0, 0.05) is 17.5 Å². The highest BCUT2D eigenvalue weighted by Gasteiger charge is 2.18. The zero-order chi connectivity index (χ0) is 26.6. The summed E-state index contributed by atoms with van der Waals surface area (Å²) in [7, 11) is -3.91. The molecule has 1 unspecified atom stereocenters. The molecule has 0 saturated heterocycles. The van der Waals surface area contributed by atoms with Crippen LogP contribution in [0.25, 0.3) is 10.9 Å². The van der Waals surface area contributed by atoms with Crippen molar-refractivity contribution in [3.63, 3.8) is 0 Å². The zero-order valence-corrected chi connectivity index (χ0v) is 21.9. The van der Waals surface area contributed by atoms with Gasteiger partial charge in [-0.15, -0.1) is 0 Å². The summed E-state index contributed by atoms with van der Waals surface area (Å²) in [6.45, 7) is 4.45. The Labute approximate surface area is 215 Å². The average molecular weight is 535 g/mol. The maximum atomic E-state index is 12.2. The minimum atomic E-state index is -3.91. The number of benzene rings is 2. The van der Waals surface area contributed by atoms with Gasteiger partial charge in [-0.05, 0) is 48.7 Å². The molecule has 0 aliphatic heterocycles. The molecule has 0 fully saturated rings. The lowest BCUT2D eigenvalue weighted by molar-refractivity contribution is -0.109. The number of amides is 2. The van der Waals surface area contributed by atoms with Gasteiger partial charge in [0.05, 0.1) is 22.1 Å². The molecular formula is C25H31ClN4O5S. The Morgan fingerprint density at radius 2 is 1.81 bits per heavy atom. The molecule has 1 heterocycles. The Morgan fingerprint density at radius 3 is 2.44 bits per heavy atom. The van der Waals surface area contributed by atoms with Crippen molar-refractivity contribution < 1.29 is 18.0 Å². The molecule has 0 radical (unpaired) electrons. The molecule has 2 amide bonds. The summed E-state index contributed by atoms with van der Waals surface area (Å²) >= 11 is 5.71. The van der Waals surface area contributed by atoms with Gasteiger partial charge in [0.1, 0.15) is 6.29 Å². The first-order chi connectivity index (χ1) is 17.2. The van der Waals surface area contributed by atoms with Crippen LogP contribution in [0.5, 0.6) is 0 Å². The number of fused-ring (bicyclic) bond motifs is 1. The third kappa shape index (κ3) is 8.76. The Bertz CT molecular complexity index is 1310. The SMILES string of the molecule is CCCCNC(=O)NS(=O)(=O)c1ccc(C(C=O)CCCC)cc1.O=c1[nH]cnc2ccc(Cl)cc12. The van der Waals surface area contributed by atoms with Gasteiger partial charge in [0.2, 0.25) is 0 Å². The molecule has 0 aliphatic carbocycles. The number of sulfonamides is 1. The Morgan fingerprint density at radius 1 is 1.11 bits per heavy atom. The predicted octanol–water partition coefficient (Wildman–Crippen LogP) is 4.52. The number of carbonyl (C=O) groups is 2. The molecule has 0 bridgehead atoms. The molecular weight excluding hydrogens is 504 g/mol. The number of unbranched alkanes of at least 4 members (excludes halogenated alkanes) is 2. The highest BCUT2D eigenvalue weighted by molar-refractivity contribution is 7.90. The van der Waals surface area contributed by atoms with Crippen LogP contribution in [0.2, 0.25) is 5.02 Å². The zero-order valence-electron chi connectivity index (χ0n) is 20.3. The molecule has 3 aromatic rings. The van der Waals surface area contributed by atoms with Crippen molar-refractivity contribution in [2.24, 2.45) is 0 Å². The first-order valence-corrected chi connectivity index (χ1v) is 13.6. The van der Waals surface area contributed by atoms with E-state index in [9.17, 15) is 22.8 Å². The van der Waals surface area contributed by atoms with Crippen molar-refractivity contribution >= 4 is 44.8 Å². The number of hydrogen-bond donors (Lipinski definition) is 3. The highest BCUT2D eigenvalue weighted by Crippen LogP contribution is 2.21. The number of nitrogens with one attached hydrogen (secondary N) is 3. The normalized spacial score (nSPS) is 11.8. The summed E-state index contributed by atoms with van der Waals surface area (Å²) in [5, 5.41) is 3.56. The summed E-state index contributed by atoms with van der Waals surface area (Å²) in [6.07, 6.45) is 6.62. The predicted molar refractivity (Wildman–Crippen MR) is 141 cm³/mol. The van der Waals surface area contributed by atoms with E-state index in [-0.39, 0.29) is 16.4 Å². The third-order valence-corrected chi connectivity index (χ3v) is 6.88. The number of halogens is 1. The summed E-state index contributed by atoms with van der Waals surface area (Å²) < 4.78 is 26.3. The fourth-order valence-corrected chi connectivity index (χ4v) is 4.37. The molecule has 1 atom stereocenters. The van der Waals surface area contributed by atoms with Gasteiger partial charge >= 0.3 is 6.03 Å². The molecule has 0 spiro atoms. The number of urea groups is 1. The fourth-order valence-electron chi connectivity index (χ4n) is 3.27. The van der Waals surface area contributed by atoms with Crippen LogP contribution in [0.1, 0.15) is 57.4 Å². The van der Waals surface area contributed by atoms with Gasteiger partial charge < -0.3 is 15.1 Å². The minimum Gasteiger partial charge on any atom is -0.337 e. The standard InChI is InChI=1S/C17H26N2O4S.C8H5ClN2O/c1-3-5-7-15(13-20)14-8-10-16(11-9-14)24(22,23)19-17(21)18-12-6-4-2;9-5-1-2-7-6(3-5)8(12)11-4-10-7/h8-11,13,15H,3-7,12H2,1-2H3,(H2,18,19,21);1-4H,(H,10,11,12). The molecule has 36 heavy (non-hydrogen) atoms. The van der Waals surface area contributed by atoms with Gasteiger partial charge in [-0.25, -0.2) is 22.9 Å². The first kappa shape index (κ1) is 29.0. The quantitative estimate of drug-likeness (QED) is 0.258. The molecule has 3 rings (SSSR count). The van der Waals surface area contributed by atoms with Crippen LogP contribution in [0.3, 0.4) is 0 Å². The Balaban J connectivity index is 0.000000313. The van der Waals surface area contributed by atoms with Crippen LogP contribution in [-0.4, -0.2) is 37.2 Å².